The minimum absolute atomic E-state index is 0.105. The Balaban J connectivity index is 2.12. The van der Waals surface area contributed by atoms with Crippen LogP contribution in [0, 0.1) is 6.92 Å². The van der Waals surface area contributed by atoms with Gasteiger partial charge in [-0.15, -0.1) is 0 Å². The molecule has 1 amide bonds. The van der Waals surface area contributed by atoms with E-state index in [1.54, 1.807) is 12.1 Å². The van der Waals surface area contributed by atoms with E-state index in [0.717, 1.165) is 11.3 Å². The van der Waals surface area contributed by atoms with Gasteiger partial charge < -0.3 is 5.32 Å². The fourth-order valence-corrected chi connectivity index (χ4v) is 1.38. The van der Waals surface area contributed by atoms with Crippen LogP contribution in [0.5, 0.6) is 0 Å². The first-order valence-corrected chi connectivity index (χ1v) is 5.04. The van der Waals surface area contributed by atoms with Crippen molar-refractivity contribution in [1.82, 2.24) is 0 Å². The Kier molecular flexibility index (Phi) is 3.01. The summed E-state index contributed by atoms with van der Waals surface area (Å²) in [6, 6.07) is 16.6. The molecule has 0 saturated heterocycles. The van der Waals surface area contributed by atoms with Gasteiger partial charge in [-0.3, -0.25) is 4.79 Å². The average molecular weight is 210 g/mol. The molecule has 0 aromatic heterocycles. The average Bonchev–Trinajstić information content (AvgIpc) is 2.31. The van der Waals surface area contributed by atoms with Crippen LogP contribution in [0.2, 0.25) is 0 Å². The molecule has 2 aromatic carbocycles. The van der Waals surface area contributed by atoms with Crippen LogP contribution in [0.25, 0.3) is 0 Å². The van der Waals surface area contributed by atoms with Crippen LogP contribution in [-0.4, -0.2) is 5.91 Å². The van der Waals surface area contributed by atoms with Crippen molar-refractivity contribution in [3.8, 4) is 0 Å². The monoisotopic (exact) mass is 210 g/mol. The van der Waals surface area contributed by atoms with Gasteiger partial charge in [0.1, 0.15) is 0 Å². The molecule has 16 heavy (non-hydrogen) atoms. The van der Waals surface area contributed by atoms with Gasteiger partial charge >= 0.3 is 0 Å². The van der Waals surface area contributed by atoms with Crippen molar-refractivity contribution >= 4 is 11.6 Å². The number of benzene rings is 2. The summed E-state index contributed by atoms with van der Waals surface area (Å²) in [5.41, 5.74) is 2.33. The molecule has 0 unspecified atom stereocenters. The maximum atomic E-state index is 11.8. The fourth-order valence-electron chi connectivity index (χ4n) is 1.38. The predicted octanol–water partition coefficient (Wildman–Crippen LogP) is 3.12. The summed E-state index contributed by atoms with van der Waals surface area (Å²) >= 11 is 0. The zero-order valence-electron chi connectivity index (χ0n) is 8.81. The highest BCUT2D eigenvalue weighted by molar-refractivity contribution is 6.04. The van der Waals surface area contributed by atoms with Gasteiger partial charge in [0.2, 0.25) is 0 Å². The van der Waals surface area contributed by atoms with E-state index in [-0.39, 0.29) is 5.91 Å². The molecule has 79 valence electrons. The molecule has 0 fully saturated rings. The number of hydrogen-bond donors (Lipinski definition) is 1. The topological polar surface area (TPSA) is 29.1 Å². The summed E-state index contributed by atoms with van der Waals surface area (Å²) < 4.78 is 0. The molecule has 0 bridgehead atoms. The third-order valence-corrected chi connectivity index (χ3v) is 2.25. The molecule has 2 nitrogen and oxygen atoms in total. The largest absolute Gasteiger partial charge is 0.322 e. The number of carbonyl (C=O) groups is 1. The molecule has 1 radical (unpaired) electrons. The minimum atomic E-state index is -0.105. The van der Waals surface area contributed by atoms with Gasteiger partial charge in [-0.25, -0.2) is 0 Å². The molecule has 2 heteroatoms. The quantitative estimate of drug-likeness (QED) is 0.810. The van der Waals surface area contributed by atoms with E-state index in [9.17, 15) is 4.79 Å². The zero-order chi connectivity index (χ0) is 11.4. The molecule has 0 atom stereocenters. The second-order valence-corrected chi connectivity index (χ2v) is 3.52. The Morgan fingerprint density at radius 1 is 0.938 bits per heavy atom. The van der Waals surface area contributed by atoms with Crippen molar-refractivity contribution < 1.29 is 4.79 Å². The lowest BCUT2D eigenvalue weighted by atomic mass is 10.1. The molecule has 0 aliphatic rings. The highest BCUT2D eigenvalue weighted by atomic mass is 16.1. The first kappa shape index (κ1) is 10.4. The number of anilines is 1. The van der Waals surface area contributed by atoms with Crippen LogP contribution in [0.4, 0.5) is 5.69 Å². The molecule has 0 heterocycles. The molecule has 0 aliphatic carbocycles. The lowest BCUT2D eigenvalue weighted by Crippen LogP contribution is -2.11. The molecular formula is C14H12NO. The predicted molar refractivity (Wildman–Crippen MR) is 65.3 cm³/mol. The second-order valence-electron chi connectivity index (χ2n) is 3.52. The molecule has 0 saturated carbocycles. The molecule has 2 rings (SSSR count). The Hall–Kier alpha value is -2.09. The number of amides is 1. The zero-order valence-corrected chi connectivity index (χ0v) is 8.81. The Labute approximate surface area is 94.9 Å². The first-order valence-electron chi connectivity index (χ1n) is 5.04. The Morgan fingerprint density at radius 3 is 2.19 bits per heavy atom. The van der Waals surface area contributed by atoms with E-state index in [0.29, 0.717) is 5.56 Å². The summed E-state index contributed by atoms with van der Waals surface area (Å²) in [6.45, 7) is 3.77. The molecule has 0 aliphatic heterocycles. The molecule has 0 spiro atoms. The third-order valence-electron chi connectivity index (χ3n) is 2.25. The van der Waals surface area contributed by atoms with Crippen LogP contribution in [0.3, 0.4) is 0 Å². The highest BCUT2D eigenvalue weighted by Crippen LogP contribution is 2.09. The van der Waals surface area contributed by atoms with Gasteiger partial charge in [0.25, 0.3) is 5.91 Å². The number of para-hydroxylation sites is 1. The fraction of sp³-hybridized carbons (Fsp3) is 0. The minimum Gasteiger partial charge on any atom is -0.322 e. The van der Waals surface area contributed by atoms with Crippen molar-refractivity contribution in [3.05, 3.63) is 72.6 Å². The summed E-state index contributed by atoms with van der Waals surface area (Å²) in [5, 5.41) is 2.82. The molecule has 2 aromatic rings. The van der Waals surface area contributed by atoms with E-state index in [2.05, 4.69) is 12.2 Å². The van der Waals surface area contributed by atoms with E-state index >= 15 is 0 Å². The number of rotatable bonds is 2. The number of carbonyl (C=O) groups excluding carboxylic acids is 1. The third kappa shape index (κ3) is 2.48. The first-order chi connectivity index (χ1) is 7.75. The Morgan fingerprint density at radius 2 is 1.56 bits per heavy atom. The van der Waals surface area contributed by atoms with Gasteiger partial charge in [0, 0.05) is 11.3 Å². The highest BCUT2D eigenvalue weighted by Gasteiger charge is 2.04. The number of nitrogens with one attached hydrogen (secondary N) is 1. The number of hydrogen-bond acceptors (Lipinski definition) is 1. The van der Waals surface area contributed by atoms with E-state index in [4.69, 9.17) is 0 Å². The summed E-state index contributed by atoms with van der Waals surface area (Å²) in [5.74, 6) is -0.105. The normalized spacial score (nSPS) is 9.81. The second kappa shape index (κ2) is 4.62. The maximum absolute atomic E-state index is 11.8. The lowest BCUT2D eigenvalue weighted by Gasteiger charge is -2.04. The van der Waals surface area contributed by atoms with E-state index < -0.39 is 0 Å². The van der Waals surface area contributed by atoms with Crippen molar-refractivity contribution in [2.75, 3.05) is 5.32 Å². The summed E-state index contributed by atoms with van der Waals surface area (Å²) in [6.07, 6.45) is 0. The van der Waals surface area contributed by atoms with E-state index in [1.807, 2.05) is 42.5 Å². The van der Waals surface area contributed by atoms with Crippen molar-refractivity contribution in [2.45, 2.75) is 0 Å². The van der Waals surface area contributed by atoms with Crippen LogP contribution >= 0.6 is 0 Å². The summed E-state index contributed by atoms with van der Waals surface area (Å²) in [7, 11) is 0. The molecular weight excluding hydrogens is 198 g/mol. The SMILES string of the molecule is [CH2]c1ccc(C(=O)Nc2ccccc2)cc1. The van der Waals surface area contributed by atoms with Gasteiger partial charge in [0.05, 0.1) is 0 Å². The molecule has 1 N–H and O–H groups in total. The van der Waals surface area contributed by atoms with E-state index in [1.165, 1.54) is 0 Å². The Bertz CT molecular complexity index is 474. The van der Waals surface area contributed by atoms with Crippen LogP contribution < -0.4 is 5.32 Å². The van der Waals surface area contributed by atoms with Gasteiger partial charge in [-0.1, -0.05) is 30.3 Å². The van der Waals surface area contributed by atoms with Crippen LogP contribution in [0.1, 0.15) is 15.9 Å². The van der Waals surface area contributed by atoms with Gasteiger partial charge in [0.15, 0.2) is 0 Å². The van der Waals surface area contributed by atoms with Gasteiger partial charge in [-0.05, 0) is 36.8 Å². The van der Waals surface area contributed by atoms with Crippen molar-refractivity contribution in [3.63, 3.8) is 0 Å². The maximum Gasteiger partial charge on any atom is 0.255 e. The lowest BCUT2D eigenvalue weighted by molar-refractivity contribution is 0.102. The van der Waals surface area contributed by atoms with Gasteiger partial charge in [-0.2, -0.15) is 0 Å². The smallest absolute Gasteiger partial charge is 0.255 e. The van der Waals surface area contributed by atoms with Crippen molar-refractivity contribution in [2.24, 2.45) is 0 Å². The standard InChI is InChI=1S/C14H12NO/c1-11-7-9-12(10-8-11)14(16)15-13-5-3-2-4-6-13/h2-10H,1H2,(H,15,16). The van der Waals surface area contributed by atoms with Crippen LogP contribution in [-0.2, 0) is 0 Å². The summed E-state index contributed by atoms with van der Waals surface area (Å²) in [4.78, 5) is 11.8. The van der Waals surface area contributed by atoms with Crippen molar-refractivity contribution in [1.29, 1.82) is 0 Å². The van der Waals surface area contributed by atoms with Crippen LogP contribution in [0.15, 0.2) is 54.6 Å².